The Morgan fingerprint density at radius 1 is 1.00 bits per heavy atom. The van der Waals surface area contributed by atoms with Gasteiger partial charge in [-0.1, -0.05) is 15.9 Å². The normalized spacial score (nSPS) is 11.4. The molecule has 8 heteroatoms. The first-order valence-corrected chi connectivity index (χ1v) is 10.4. The van der Waals surface area contributed by atoms with Gasteiger partial charge in [0, 0.05) is 16.1 Å². The summed E-state index contributed by atoms with van der Waals surface area (Å²) in [5, 5.41) is 6.36. The van der Waals surface area contributed by atoms with E-state index in [2.05, 4.69) is 30.8 Å². The molecule has 0 aliphatic rings. The van der Waals surface area contributed by atoms with Crippen LogP contribution in [-0.4, -0.2) is 18.6 Å². The highest BCUT2D eigenvalue weighted by atomic mass is 79.9. The van der Waals surface area contributed by atoms with Crippen LogP contribution in [0.5, 0.6) is 0 Å². The third-order valence-corrected chi connectivity index (χ3v) is 6.30. The number of rotatable bonds is 4. The Balaban J connectivity index is 2.09. The maximum atomic E-state index is 13.0. The van der Waals surface area contributed by atoms with Crippen LogP contribution in [0.4, 0.5) is 5.69 Å². The Kier molecular flexibility index (Phi) is 5.21. The zero-order valence-corrected chi connectivity index (χ0v) is 17.4. The predicted octanol–water partition coefficient (Wildman–Crippen LogP) is 3.93. The van der Waals surface area contributed by atoms with Crippen LogP contribution >= 0.6 is 15.9 Å². The van der Waals surface area contributed by atoms with Crippen molar-refractivity contribution in [3.63, 3.8) is 0 Å². The summed E-state index contributed by atoms with van der Waals surface area (Å²) in [6.07, 6.45) is 0. The van der Waals surface area contributed by atoms with Crippen molar-refractivity contribution in [2.24, 2.45) is 0 Å². The monoisotopic (exact) mass is 447 g/mol. The molecule has 0 aliphatic heterocycles. The highest BCUT2D eigenvalue weighted by Gasteiger charge is 2.20. The summed E-state index contributed by atoms with van der Waals surface area (Å²) in [5.74, 6) is 0. The molecule has 0 saturated heterocycles. The first kappa shape index (κ1) is 19.3. The molecular formula is C19H18BrN3O3S. The van der Waals surface area contributed by atoms with Gasteiger partial charge in [0.15, 0.2) is 0 Å². The zero-order chi connectivity index (χ0) is 19.8. The lowest BCUT2D eigenvalue weighted by atomic mass is 10.0. The number of aromatic amines is 1. The summed E-state index contributed by atoms with van der Waals surface area (Å²) in [6, 6.07) is 11.7. The lowest BCUT2D eigenvalue weighted by Crippen LogP contribution is -2.16. The molecule has 0 fully saturated rings. The van der Waals surface area contributed by atoms with Crippen molar-refractivity contribution in [2.45, 2.75) is 25.7 Å². The summed E-state index contributed by atoms with van der Waals surface area (Å²) in [4.78, 5) is 11.4. The third-order valence-electron chi connectivity index (χ3n) is 4.32. The highest BCUT2D eigenvalue weighted by Crippen LogP contribution is 2.29. The quantitative estimate of drug-likeness (QED) is 0.633. The van der Waals surface area contributed by atoms with E-state index in [0.29, 0.717) is 22.5 Å². The largest absolute Gasteiger partial charge is 0.279 e. The van der Waals surface area contributed by atoms with E-state index in [1.54, 1.807) is 31.2 Å². The van der Waals surface area contributed by atoms with Gasteiger partial charge in [0.05, 0.1) is 16.3 Å². The van der Waals surface area contributed by atoms with Crippen molar-refractivity contribution < 1.29 is 8.42 Å². The van der Waals surface area contributed by atoms with E-state index >= 15 is 0 Å². The molecule has 3 aromatic rings. The summed E-state index contributed by atoms with van der Waals surface area (Å²) in [5.41, 5.74) is 3.58. The molecule has 140 valence electrons. The van der Waals surface area contributed by atoms with Gasteiger partial charge in [0.25, 0.3) is 15.6 Å². The molecule has 1 aromatic heterocycles. The van der Waals surface area contributed by atoms with E-state index in [4.69, 9.17) is 0 Å². The Bertz CT molecular complexity index is 1170. The molecular weight excluding hydrogens is 430 g/mol. The van der Waals surface area contributed by atoms with Crippen LogP contribution in [0.3, 0.4) is 0 Å². The molecule has 2 N–H and O–H groups in total. The number of nitrogens with one attached hydrogen (secondary N) is 2. The number of nitrogens with zero attached hydrogens (tertiary/aromatic N) is 1. The van der Waals surface area contributed by atoms with Crippen LogP contribution in [0.25, 0.3) is 11.3 Å². The van der Waals surface area contributed by atoms with Gasteiger partial charge in [0.2, 0.25) is 0 Å². The van der Waals surface area contributed by atoms with Gasteiger partial charge in [-0.2, -0.15) is 5.10 Å². The average Bonchev–Trinajstić information content (AvgIpc) is 2.60. The molecule has 2 aromatic carbocycles. The van der Waals surface area contributed by atoms with Crippen LogP contribution in [-0.2, 0) is 10.0 Å². The maximum Gasteiger partial charge on any atom is 0.264 e. The van der Waals surface area contributed by atoms with E-state index in [9.17, 15) is 13.2 Å². The zero-order valence-electron chi connectivity index (χ0n) is 15.0. The molecule has 0 saturated carbocycles. The minimum Gasteiger partial charge on any atom is -0.279 e. The van der Waals surface area contributed by atoms with Crippen molar-refractivity contribution in [2.75, 3.05) is 4.72 Å². The molecule has 27 heavy (non-hydrogen) atoms. The minimum absolute atomic E-state index is 0.174. The van der Waals surface area contributed by atoms with E-state index in [1.807, 2.05) is 26.0 Å². The molecule has 0 amide bonds. The Hall–Kier alpha value is -2.45. The summed E-state index contributed by atoms with van der Waals surface area (Å²) in [6.45, 7) is 5.44. The molecule has 1 heterocycles. The van der Waals surface area contributed by atoms with E-state index < -0.39 is 10.0 Å². The van der Waals surface area contributed by atoms with Gasteiger partial charge >= 0.3 is 0 Å². The number of hydrogen-bond donors (Lipinski definition) is 2. The van der Waals surface area contributed by atoms with Gasteiger partial charge in [-0.05, 0) is 73.9 Å². The number of hydrogen-bond acceptors (Lipinski definition) is 4. The number of benzene rings is 2. The fourth-order valence-corrected chi connectivity index (χ4v) is 4.65. The van der Waals surface area contributed by atoms with Crippen LogP contribution in [0.1, 0.15) is 16.7 Å². The van der Waals surface area contributed by atoms with Gasteiger partial charge in [-0.15, -0.1) is 0 Å². The van der Waals surface area contributed by atoms with E-state index in [1.165, 1.54) is 6.07 Å². The first-order valence-electron chi connectivity index (χ1n) is 8.14. The fourth-order valence-electron chi connectivity index (χ4n) is 2.70. The Morgan fingerprint density at radius 2 is 1.74 bits per heavy atom. The number of H-pyrrole nitrogens is 1. The van der Waals surface area contributed by atoms with E-state index in [0.717, 1.165) is 15.6 Å². The number of sulfonamides is 1. The average molecular weight is 448 g/mol. The minimum atomic E-state index is -3.81. The number of aromatic nitrogens is 2. The SMILES string of the molecule is Cc1cc(Br)ccc1NS(=O)(=O)c1cc(-c2ccc(=O)[nH]n2)cc(C)c1C. The lowest BCUT2D eigenvalue weighted by Gasteiger charge is -2.15. The van der Waals surface area contributed by atoms with Gasteiger partial charge in [0.1, 0.15) is 0 Å². The topological polar surface area (TPSA) is 91.9 Å². The molecule has 0 atom stereocenters. The number of aryl methyl sites for hydroxylation is 2. The second kappa shape index (κ2) is 7.28. The summed E-state index contributed by atoms with van der Waals surface area (Å²) in [7, 11) is -3.81. The van der Waals surface area contributed by atoms with Crippen LogP contribution in [0, 0.1) is 20.8 Å². The standard InChI is InChI=1S/C19H18BrN3O3S/c1-11-8-14(17-6-7-19(24)22-21-17)10-18(13(11)3)27(25,26)23-16-5-4-15(20)9-12(16)2/h4-10,23H,1-3H3,(H,22,24). The fraction of sp³-hybridized carbons (Fsp3) is 0.158. The Morgan fingerprint density at radius 3 is 2.37 bits per heavy atom. The third kappa shape index (κ3) is 4.12. The first-order chi connectivity index (χ1) is 12.7. The van der Waals surface area contributed by atoms with Gasteiger partial charge in [-0.3, -0.25) is 9.52 Å². The predicted molar refractivity (Wildman–Crippen MR) is 109 cm³/mol. The molecule has 3 rings (SSSR count). The van der Waals surface area contributed by atoms with Crippen molar-refractivity contribution in [3.05, 3.63) is 74.0 Å². The summed E-state index contributed by atoms with van der Waals surface area (Å²) >= 11 is 3.37. The van der Waals surface area contributed by atoms with Gasteiger partial charge < -0.3 is 0 Å². The molecule has 6 nitrogen and oxygen atoms in total. The summed E-state index contributed by atoms with van der Waals surface area (Å²) < 4.78 is 29.6. The Labute approximate surface area is 165 Å². The van der Waals surface area contributed by atoms with Crippen molar-refractivity contribution >= 4 is 31.6 Å². The highest BCUT2D eigenvalue weighted by molar-refractivity contribution is 9.10. The smallest absolute Gasteiger partial charge is 0.264 e. The van der Waals surface area contributed by atoms with Crippen molar-refractivity contribution in [1.82, 2.24) is 10.2 Å². The number of anilines is 1. The van der Waals surface area contributed by atoms with Crippen LogP contribution in [0.15, 0.2) is 56.6 Å². The molecule has 0 spiro atoms. The maximum absolute atomic E-state index is 13.0. The van der Waals surface area contributed by atoms with E-state index in [-0.39, 0.29) is 10.5 Å². The second-order valence-electron chi connectivity index (χ2n) is 6.29. The lowest BCUT2D eigenvalue weighted by molar-refractivity contribution is 0.600. The van der Waals surface area contributed by atoms with Gasteiger partial charge in [-0.25, -0.2) is 13.5 Å². The second-order valence-corrected chi connectivity index (χ2v) is 8.85. The van der Waals surface area contributed by atoms with Crippen LogP contribution < -0.4 is 10.3 Å². The van der Waals surface area contributed by atoms with Crippen molar-refractivity contribution in [1.29, 1.82) is 0 Å². The molecule has 0 aliphatic carbocycles. The molecule has 0 unspecified atom stereocenters. The number of halogens is 1. The molecule has 0 bridgehead atoms. The van der Waals surface area contributed by atoms with Crippen LogP contribution in [0.2, 0.25) is 0 Å². The molecule has 0 radical (unpaired) electrons. The van der Waals surface area contributed by atoms with Crippen molar-refractivity contribution in [3.8, 4) is 11.3 Å².